The predicted octanol–water partition coefficient (Wildman–Crippen LogP) is 3.42. The molecule has 1 aromatic heterocycles. The van der Waals surface area contributed by atoms with Gasteiger partial charge in [-0.1, -0.05) is 31.2 Å². The van der Waals surface area contributed by atoms with Gasteiger partial charge in [-0.25, -0.2) is 4.98 Å². The second-order valence-corrected chi connectivity index (χ2v) is 5.46. The van der Waals surface area contributed by atoms with Crippen LogP contribution in [0.3, 0.4) is 0 Å². The van der Waals surface area contributed by atoms with Gasteiger partial charge in [0.15, 0.2) is 5.13 Å². The van der Waals surface area contributed by atoms with Crippen LogP contribution in [0, 0.1) is 0 Å². The molecule has 0 aliphatic heterocycles. The number of rotatable bonds is 7. The molecule has 4 nitrogen and oxygen atoms in total. The molecular formula is C16H20N2O2S. The quantitative estimate of drug-likeness (QED) is 0.796. The zero-order valence-corrected chi connectivity index (χ0v) is 13.2. The largest absolute Gasteiger partial charge is 0.466 e. The first-order valence-electron chi connectivity index (χ1n) is 7.13. The van der Waals surface area contributed by atoms with E-state index in [0.29, 0.717) is 6.61 Å². The minimum Gasteiger partial charge on any atom is -0.466 e. The Balaban J connectivity index is 1.92. The van der Waals surface area contributed by atoms with Crippen molar-refractivity contribution in [3.8, 4) is 0 Å². The van der Waals surface area contributed by atoms with Gasteiger partial charge in [0.25, 0.3) is 0 Å². The molecule has 1 heterocycles. The molecule has 1 N–H and O–H groups in total. The highest BCUT2D eigenvalue weighted by Crippen LogP contribution is 2.18. The van der Waals surface area contributed by atoms with E-state index in [2.05, 4.69) is 35.4 Å². The third kappa shape index (κ3) is 4.56. The fourth-order valence-corrected chi connectivity index (χ4v) is 2.78. The van der Waals surface area contributed by atoms with Gasteiger partial charge in [-0.3, -0.25) is 4.79 Å². The maximum absolute atomic E-state index is 11.4. The molecule has 21 heavy (non-hydrogen) atoms. The number of aryl methyl sites for hydroxylation is 1. The lowest BCUT2D eigenvalue weighted by Gasteiger charge is -2.07. The van der Waals surface area contributed by atoms with Crippen LogP contribution in [0.25, 0.3) is 0 Å². The summed E-state index contributed by atoms with van der Waals surface area (Å²) in [6.45, 7) is 5.11. The Kier molecular flexibility index (Phi) is 5.75. The van der Waals surface area contributed by atoms with Crippen LogP contribution in [-0.2, 0) is 28.9 Å². The number of benzene rings is 1. The van der Waals surface area contributed by atoms with Crippen molar-refractivity contribution >= 4 is 22.4 Å². The molecule has 0 atom stereocenters. The van der Waals surface area contributed by atoms with Crippen LogP contribution in [0.4, 0.5) is 5.13 Å². The summed E-state index contributed by atoms with van der Waals surface area (Å²) in [5.41, 5.74) is 3.38. The molecule has 2 aromatic rings. The first-order valence-corrected chi connectivity index (χ1v) is 8.01. The molecule has 2 rings (SSSR count). The van der Waals surface area contributed by atoms with Crippen molar-refractivity contribution in [2.75, 3.05) is 11.9 Å². The molecule has 0 unspecified atom stereocenters. The van der Waals surface area contributed by atoms with Gasteiger partial charge in [-0.15, -0.1) is 11.3 Å². The zero-order valence-electron chi connectivity index (χ0n) is 12.4. The van der Waals surface area contributed by atoms with E-state index in [-0.39, 0.29) is 12.4 Å². The zero-order chi connectivity index (χ0) is 15.1. The van der Waals surface area contributed by atoms with Crippen LogP contribution in [-0.4, -0.2) is 17.6 Å². The summed E-state index contributed by atoms with van der Waals surface area (Å²) < 4.78 is 4.92. The number of hydrogen-bond donors (Lipinski definition) is 1. The summed E-state index contributed by atoms with van der Waals surface area (Å²) in [6.07, 6.45) is 1.25. The molecule has 0 bridgehead atoms. The lowest BCUT2D eigenvalue weighted by atomic mass is 10.1. The van der Waals surface area contributed by atoms with Crippen molar-refractivity contribution in [2.45, 2.75) is 33.2 Å². The molecule has 1 aromatic carbocycles. The first kappa shape index (κ1) is 15.5. The fourth-order valence-electron chi connectivity index (χ4n) is 2.07. The van der Waals surface area contributed by atoms with E-state index >= 15 is 0 Å². The van der Waals surface area contributed by atoms with Crippen LogP contribution in [0.1, 0.15) is 30.7 Å². The second kappa shape index (κ2) is 7.78. The number of nitrogens with one attached hydrogen (secondary N) is 1. The number of aromatic nitrogens is 1. The van der Waals surface area contributed by atoms with Crippen molar-refractivity contribution in [3.63, 3.8) is 0 Å². The van der Waals surface area contributed by atoms with Gasteiger partial charge in [0.1, 0.15) is 0 Å². The van der Waals surface area contributed by atoms with E-state index in [1.165, 1.54) is 22.5 Å². The number of nitrogens with zero attached hydrogens (tertiary/aromatic N) is 1. The molecule has 0 aliphatic rings. The van der Waals surface area contributed by atoms with Gasteiger partial charge in [-0.05, 0) is 24.5 Å². The van der Waals surface area contributed by atoms with E-state index in [9.17, 15) is 4.79 Å². The van der Waals surface area contributed by atoms with Crippen molar-refractivity contribution in [3.05, 3.63) is 46.5 Å². The lowest BCUT2D eigenvalue weighted by Crippen LogP contribution is -2.08. The fraction of sp³-hybridized carbons (Fsp3) is 0.375. The Morgan fingerprint density at radius 2 is 2.05 bits per heavy atom. The molecule has 0 saturated heterocycles. The number of ether oxygens (including phenoxy) is 1. The minimum atomic E-state index is -0.231. The average molecular weight is 304 g/mol. The Morgan fingerprint density at radius 3 is 2.76 bits per heavy atom. The Hall–Kier alpha value is -1.88. The van der Waals surface area contributed by atoms with Crippen LogP contribution in [0.15, 0.2) is 29.6 Å². The molecule has 0 radical (unpaired) electrons. The topological polar surface area (TPSA) is 51.2 Å². The lowest BCUT2D eigenvalue weighted by molar-refractivity contribution is -0.142. The van der Waals surface area contributed by atoms with Crippen LogP contribution >= 0.6 is 11.3 Å². The third-order valence-electron chi connectivity index (χ3n) is 3.11. The monoisotopic (exact) mass is 304 g/mol. The highest BCUT2D eigenvalue weighted by Gasteiger charge is 2.08. The highest BCUT2D eigenvalue weighted by molar-refractivity contribution is 7.13. The van der Waals surface area contributed by atoms with E-state index in [1.54, 1.807) is 6.92 Å². The second-order valence-electron chi connectivity index (χ2n) is 4.60. The summed E-state index contributed by atoms with van der Waals surface area (Å²) in [5.74, 6) is -0.231. The number of carbonyl (C=O) groups excluding carboxylic acids is 1. The smallest absolute Gasteiger partial charge is 0.311 e. The Morgan fingerprint density at radius 1 is 1.29 bits per heavy atom. The first-order chi connectivity index (χ1) is 10.2. The minimum absolute atomic E-state index is 0.231. The van der Waals surface area contributed by atoms with Crippen molar-refractivity contribution in [1.29, 1.82) is 0 Å². The molecule has 0 saturated carbocycles. The standard InChI is InChI=1S/C16H20N2O2S/c1-3-12-7-5-6-8-13(12)10-17-16-18-14(11-21-16)9-15(19)20-4-2/h5-8,11H,3-4,9-10H2,1-2H3,(H,17,18). The van der Waals surface area contributed by atoms with Gasteiger partial charge in [0, 0.05) is 11.9 Å². The Labute approximate surface area is 129 Å². The summed E-state index contributed by atoms with van der Waals surface area (Å²) in [7, 11) is 0. The molecule has 0 spiro atoms. The highest BCUT2D eigenvalue weighted by atomic mass is 32.1. The maximum atomic E-state index is 11.4. The van der Waals surface area contributed by atoms with Crippen molar-refractivity contribution in [1.82, 2.24) is 4.98 Å². The SMILES string of the molecule is CCOC(=O)Cc1csc(NCc2ccccc2CC)n1. The van der Waals surface area contributed by atoms with Gasteiger partial charge in [0.05, 0.1) is 18.7 Å². The van der Waals surface area contributed by atoms with Crippen LogP contribution < -0.4 is 5.32 Å². The van der Waals surface area contributed by atoms with Gasteiger partial charge >= 0.3 is 5.97 Å². The number of esters is 1. The number of hydrogen-bond acceptors (Lipinski definition) is 5. The number of anilines is 1. The summed E-state index contributed by atoms with van der Waals surface area (Å²) >= 11 is 1.51. The normalized spacial score (nSPS) is 10.4. The van der Waals surface area contributed by atoms with Crippen molar-refractivity contribution < 1.29 is 9.53 Å². The van der Waals surface area contributed by atoms with E-state index in [1.807, 2.05) is 11.4 Å². The molecule has 5 heteroatoms. The molecular weight excluding hydrogens is 284 g/mol. The number of thiazole rings is 1. The summed E-state index contributed by atoms with van der Waals surface area (Å²) in [5, 5.41) is 6.04. The Bertz CT molecular complexity index is 595. The van der Waals surface area contributed by atoms with Crippen LogP contribution in [0.2, 0.25) is 0 Å². The van der Waals surface area contributed by atoms with Gasteiger partial charge in [0.2, 0.25) is 0 Å². The molecule has 0 fully saturated rings. The summed E-state index contributed by atoms with van der Waals surface area (Å²) in [4.78, 5) is 15.8. The van der Waals surface area contributed by atoms with E-state index in [4.69, 9.17) is 4.74 Å². The van der Waals surface area contributed by atoms with Gasteiger partial charge in [-0.2, -0.15) is 0 Å². The van der Waals surface area contributed by atoms with E-state index in [0.717, 1.165) is 23.8 Å². The molecule has 0 aliphatic carbocycles. The maximum Gasteiger partial charge on any atom is 0.311 e. The number of carbonyl (C=O) groups is 1. The van der Waals surface area contributed by atoms with Crippen molar-refractivity contribution in [2.24, 2.45) is 0 Å². The van der Waals surface area contributed by atoms with Crippen LogP contribution in [0.5, 0.6) is 0 Å². The average Bonchev–Trinajstić information content (AvgIpc) is 2.93. The third-order valence-corrected chi connectivity index (χ3v) is 3.96. The van der Waals surface area contributed by atoms with Gasteiger partial charge < -0.3 is 10.1 Å². The molecule has 0 amide bonds. The van der Waals surface area contributed by atoms with E-state index < -0.39 is 0 Å². The predicted molar refractivity (Wildman–Crippen MR) is 85.6 cm³/mol. The molecule has 112 valence electrons. The summed E-state index contributed by atoms with van der Waals surface area (Å²) in [6, 6.07) is 8.37.